The molecule has 0 radical (unpaired) electrons. The second-order valence-corrected chi connectivity index (χ2v) is 5.14. The molecule has 1 N–H and O–H groups in total. The molecule has 108 valence electrons. The lowest BCUT2D eigenvalue weighted by Gasteiger charge is -2.15. The third-order valence-corrected chi connectivity index (χ3v) is 3.69. The van der Waals surface area contributed by atoms with E-state index < -0.39 is 0 Å². The summed E-state index contributed by atoms with van der Waals surface area (Å²) in [5, 5.41) is 3.38. The molecule has 1 aliphatic rings. The second-order valence-electron chi connectivity index (χ2n) is 5.14. The lowest BCUT2D eigenvalue weighted by Crippen LogP contribution is -2.22. The summed E-state index contributed by atoms with van der Waals surface area (Å²) in [6.45, 7) is 2.16. The number of hydrogen-bond acceptors (Lipinski definition) is 4. The van der Waals surface area contributed by atoms with Crippen molar-refractivity contribution < 1.29 is 9.53 Å². The smallest absolute Gasteiger partial charge is 0.341 e. The van der Waals surface area contributed by atoms with Crippen LogP contribution in [0.5, 0.6) is 0 Å². The van der Waals surface area contributed by atoms with Crippen LogP contribution >= 0.6 is 0 Å². The molecule has 1 aliphatic carbocycles. The number of carbonyl (C=O) groups excluding carboxylic acids is 1. The highest BCUT2D eigenvalue weighted by molar-refractivity contribution is 5.94. The van der Waals surface area contributed by atoms with Gasteiger partial charge in [-0.2, -0.15) is 0 Å². The fraction of sp³-hybridized carbons (Fsp3) is 0.294. The van der Waals surface area contributed by atoms with Crippen molar-refractivity contribution in [3.63, 3.8) is 0 Å². The van der Waals surface area contributed by atoms with Crippen LogP contribution in [0, 0.1) is 0 Å². The van der Waals surface area contributed by atoms with Gasteiger partial charge in [-0.15, -0.1) is 0 Å². The average Bonchev–Trinajstić information content (AvgIpc) is 2.90. The number of nitrogens with one attached hydrogen (secondary N) is 1. The standard InChI is InChI=1S/C17H18N2O2/c1-2-21-17(20)15-8-5-9-18-16(15)19-14-10-12-6-3-4-7-13(12)11-14/h3-9,14H,2,10-11H2,1H3,(H,18,19). The Labute approximate surface area is 124 Å². The van der Waals surface area contributed by atoms with Gasteiger partial charge in [0.1, 0.15) is 11.4 Å². The van der Waals surface area contributed by atoms with Crippen molar-refractivity contribution in [3.05, 3.63) is 59.3 Å². The minimum Gasteiger partial charge on any atom is -0.462 e. The summed E-state index contributed by atoms with van der Waals surface area (Å²) in [6, 6.07) is 12.2. The van der Waals surface area contributed by atoms with E-state index in [2.05, 4.69) is 34.6 Å². The predicted octanol–water partition coefficient (Wildman–Crippen LogP) is 2.84. The fourth-order valence-corrected chi connectivity index (χ4v) is 2.75. The topological polar surface area (TPSA) is 51.2 Å². The Morgan fingerprint density at radius 1 is 1.24 bits per heavy atom. The number of anilines is 1. The summed E-state index contributed by atoms with van der Waals surface area (Å²) in [7, 11) is 0. The van der Waals surface area contributed by atoms with Gasteiger partial charge in [-0.3, -0.25) is 0 Å². The molecule has 0 unspecified atom stereocenters. The van der Waals surface area contributed by atoms with Crippen LogP contribution in [0.25, 0.3) is 0 Å². The molecular formula is C17H18N2O2. The molecule has 0 amide bonds. The number of carbonyl (C=O) groups is 1. The molecule has 3 rings (SSSR count). The molecule has 0 bridgehead atoms. The van der Waals surface area contributed by atoms with Crippen molar-refractivity contribution in [2.24, 2.45) is 0 Å². The van der Waals surface area contributed by atoms with Gasteiger partial charge in [0, 0.05) is 12.2 Å². The van der Waals surface area contributed by atoms with E-state index >= 15 is 0 Å². The first kappa shape index (κ1) is 13.6. The van der Waals surface area contributed by atoms with Crippen LogP contribution in [-0.4, -0.2) is 23.6 Å². The van der Waals surface area contributed by atoms with Gasteiger partial charge in [0.25, 0.3) is 0 Å². The van der Waals surface area contributed by atoms with E-state index in [0.717, 1.165) is 12.8 Å². The Morgan fingerprint density at radius 3 is 2.62 bits per heavy atom. The molecule has 0 aliphatic heterocycles. The number of rotatable bonds is 4. The number of pyridine rings is 1. The van der Waals surface area contributed by atoms with E-state index in [-0.39, 0.29) is 12.0 Å². The summed E-state index contributed by atoms with van der Waals surface area (Å²) in [5.41, 5.74) is 3.22. The molecule has 1 aromatic heterocycles. The maximum Gasteiger partial charge on any atom is 0.341 e. The van der Waals surface area contributed by atoms with E-state index in [9.17, 15) is 4.79 Å². The zero-order valence-electron chi connectivity index (χ0n) is 12.0. The first-order valence-electron chi connectivity index (χ1n) is 7.23. The van der Waals surface area contributed by atoms with Crippen LogP contribution in [0.3, 0.4) is 0 Å². The van der Waals surface area contributed by atoms with Crippen LogP contribution in [0.1, 0.15) is 28.4 Å². The Kier molecular flexibility index (Phi) is 3.86. The minimum absolute atomic E-state index is 0.269. The van der Waals surface area contributed by atoms with Crippen molar-refractivity contribution in [3.8, 4) is 0 Å². The summed E-state index contributed by atoms with van der Waals surface area (Å²) < 4.78 is 5.08. The van der Waals surface area contributed by atoms with E-state index in [1.807, 2.05) is 0 Å². The number of nitrogens with zero attached hydrogens (tertiary/aromatic N) is 1. The molecule has 21 heavy (non-hydrogen) atoms. The van der Waals surface area contributed by atoms with Gasteiger partial charge in [-0.1, -0.05) is 24.3 Å². The Bertz CT molecular complexity index is 630. The van der Waals surface area contributed by atoms with Gasteiger partial charge in [0.05, 0.1) is 6.61 Å². The number of esters is 1. The first-order chi connectivity index (χ1) is 10.3. The summed E-state index contributed by atoms with van der Waals surface area (Å²) in [6.07, 6.45) is 3.59. The predicted molar refractivity (Wildman–Crippen MR) is 81.5 cm³/mol. The Hall–Kier alpha value is -2.36. The molecule has 0 atom stereocenters. The minimum atomic E-state index is -0.330. The average molecular weight is 282 g/mol. The first-order valence-corrected chi connectivity index (χ1v) is 7.23. The third kappa shape index (κ3) is 2.89. The van der Waals surface area contributed by atoms with Gasteiger partial charge in [0.15, 0.2) is 0 Å². The molecule has 0 saturated carbocycles. The third-order valence-electron chi connectivity index (χ3n) is 3.69. The van der Waals surface area contributed by atoms with Gasteiger partial charge >= 0.3 is 5.97 Å². The molecule has 4 heteroatoms. The summed E-state index contributed by atoms with van der Waals surface area (Å²) >= 11 is 0. The zero-order chi connectivity index (χ0) is 14.7. The highest BCUT2D eigenvalue weighted by atomic mass is 16.5. The van der Waals surface area contributed by atoms with Crippen LogP contribution in [0.2, 0.25) is 0 Å². The van der Waals surface area contributed by atoms with Gasteiger partial charge in [-0.05, 0) is 43.0 Å². The summed E-state index contributed by atoms with van der Waals surface area (Å²) in [5.74, 6) is 0.275. The van der Waals surface area contributed by atoms with Crippen molar-refractivity contribution >= 4 is 11.8 Å². The largest absolute Gasteiger partial charge is 0.462 e. The van der Waals surface area contributed by atoms with Crippen LogP contribution in [0.4, 0.5) is 5.82 Å². The van der Waals surface area contributed by atoms with Crippen LogP contribution in [-0.2, 0) is 17.6 Å². The van der Waals surface area contributed by atoms with E-state index in [1.54, 1.807) is 25.3 Å². The van der Waals surface area contributed by atoms with Crippen molar-refractivity contribution in [1.29, 1.82) is 0 Å². The molecule has 1 aromatic carbocycles. The Morgan fingerprint density at radius 2 is 1.95 bits per heavy atom. The quantitative estimate of drug-likeness (QED) is 0.876. The highest BCUT2D eigenvalue weighted by Gasteiger charge is 2.23. The van der Waals surface area contributed by atoms with E-state index in [0.29, 0.717) is 18.0 Å². The molecule has 0 saturated heterocycles. The monoisotopic (exact) mass is 282 g/mol. The molecule has 1 heterocycles. The lowest BCUT2D eigenvalue weighted by molar-refractivity contribution is 0.0527. The number of hydrogen-bond donors (Lipinski definition) is 1. The Balaban J connectivity index is 1.76. The number of benzene rings is 1. The normalized spacial score (nSPS) is 13.8. The highest BCUT2D eigenvalue weighted by Crippen LogP contribution is 2.25. The summed E-state index contributed by atoms with van der Waals surface area (Å²) in [4.78, 5) is 16.3. The lowest BCUT2D eigenvalue weighted by atomic mass is 10.1. The van der Waals surface area contributed by atoms with Crippen molar-refractivity contribution in [2.45, 2.75) is 25.8 Å². The maximum atomic E-state index is 12.0. The molecule has 4 nitrogen and oxygen atoms in total. The molecule has 0 spiro atoms. The van der Waals surface area contributed by atoms with E-state index in [1.165, 1.54) is 11.1 Å². The number of ether oxygens (including phenoxy) is 1. The van der Waals surface area contributed by atoms with Crippen LogP contribution < -0.4 is 5.32 Å². The number of aromatic nitrogens is 1. The van der Waals surface area contributed by atoms with Crippen LogP contribution in [0.15, 0.2) is 42.6 Å². The van der Waals surface area contributed by atoms with Crippen molar-refractivity contribution in [1.82, 2.24) is 4.98 Å². The van der Waals surface area contributed by atoms with E-state index in [4.69, 9.17) is 4.74 Å². The zero-order valence-corrected chi connectivity index (χ0v) is 12.0. The maximum absolute atomic E-state index is 12.0. The van der Waals surface area contributed by atoms with Gasteiger partial charge in [-0.25, -0.2) is 9.78 Å². The molecular weight excluding hydrogens is 264 g/mol. The molecule has 0 fully saturated rings. The fourth-order valence-electron chi connectivity index (χ4n) is 2.75. The second kappa shape index (κ2) is 5.95. The van der Waals surface area contributed by atoms with Gasteiger partial charge in [0.2, 0.25) is 0 Å². The molecule has 2 aromatic rings. The SMILES string of the molecule is CCOC(=O)c1cccnc1NC1Cc2ccccc2C1. The van der Waals surface area contributed by atoms with Crippen molar-refractivity contribution in [2.75, 3.05) is 11.9 Å². The number of fused-ring (bicyclic) bond motifs is 1. The van der Waals surface area contributed by atoms with Gasteiger partial charge < -0.3 is 10.1 Å².